The molecule has 2 rings (SSSR count). The van der Waals surface area contributed by atoms with E-state index in [0.717, 1.165) is 17.0 Å². The van der Waals surface area contributed by atoms with Crippen molar-refractivity contribution in [1.82, 2.24) is 19.3 Å². The van der Waals surface area contributed by atoms with Crippen LogP contribution in [0.5, 0.6) is 0 Å². The van der Waals surface area contributed by atoms with Gasteiger partial charge in [0.15, 0.2) is 0 Å². The number of aromatic nitrogens is 4. The predicted molar refractivity (Wildman–Crippen MR) is 61.8 cm³/mol. The summed E-state index contributed by atoms with van der Waals surface area (Å²) >= 11 is 0. The van der Waals surface area contributed by atoms with Gasteiger partial charge < -0.3 is 5.73 Å². The van der Waals surface area contributed by atoms with E-state index in [-0.39, 0.29) is 12.2 Å². The number of anilines is 1. The molecule has 0 atom stereocenters. The lowest BCUT2D eigenvalue weighted by atomic mass is 10.5. The molecule has 94 valence electrons. The summed E-state index contributed by atoms with van der Waals surface area (Å²) in [7, 11) is 0. The van der Waals surface area contributed by atoms with E-state index in [9.17, 15) is 14.9 Å². The lowest BCUT2D eigenvalue weighted by Crippen LogP contribution is -2.24. The number of nitrogen functional groups attached to an aromatic ring is 1. The first-order valence-electron chi connectivity index (χ1n) is 5.05. The van der Waals surface area contributed by atoms with Gasteiger partial charge in [0.2, 0.25) is 0 Å². The zero-order valence-corrected chi connectivity index (χ0v) is 9.26. The zero-order valence-electron chi connectivity index (χ0n) is 9.26. The highest BCUT2D eigenvalue weighted by atomic mass is 16.6. The van der Waals surface area contributed by atoms with Crippen LogP contribution in [0, 0.1) is 10.1 Å². The second-order valence-electron chi connectivity index (χ2n) is 3.58. The Morgan fingerprint density at radius 3 is 2.72 bits per heavy atom. The van der Waals surface area contributed by atoms with E-state index in [1.165, 1.54) is 6.20 Å². The van der Waals surface area contributed by atoms with Crippen LogP contribution in [0.25, 0.3) is 0 Å². The van der Waals surface area contributed by atoms with Crippen molar-refractivity contribution in [3.8, 4) is 0 Å². The minimum absolute atomic E-state index is 0.227. The highest BCUT2D eigenvalue weighted by Crippen LogP contribution is 2.05. The molecule has 9 nitrogen and oxygen atoms in total. The van der Waals surface area contributed by atoms with E-state index in [4.69, 9.17) is 5.73 Å². The molecule has 0 aliphatic heterocycles. The first kappa shape index (κ1) is 11.8. The van der Waals surface area contributed by atoms with E-state index in [1.54, 1.807) is 10.9 Å². The molecule has 18 heavy (non-hydrogen) atoms. The molecule has 2 N–H and O–H groups in total. The van der Waals surface area contributed by atoms with E-state index in [1.807, 2.05) is 0 Å². The fraction of sp³-hybridized carbons (Fsp3) is 0.222. The number of aryl methyl sites for hydroxylation is 2. The number of nitrogens with zero attached hydrogens (tertiary/aromatic N) is 5. The number of nitrogens with two attached hydrogens (primary N) is 1. The number of rotatable bonds is 4. The molecule has 2 aromatic rings. The highest BCUT2D eigenvalue weighted by Gasteiger charge is 2.08. The third-order valence-electron chi connectivity index (χ3n) is 2.28. The smallest absolute Gasteiger partial charge is 0.348 e. The van der Waals surface area contributed by atoms with Crippen LogP contribution in [0.15, 0.2) is 29.6 Å². The topological polar surface area (TPSA) is 122 Å². The molecule has 2 aromatic heterocycles. The largest absolute Gasteiger partial charge is 0.396 e. The predicted octanol–water partition coefficient (Wildman–Crippen LogP) is -0.370. The Morgan fingerprint density at radius 2 is 2.11 bits per heavy atom. The van der Waals surface area contributed by atoms with Gasteiger partial charge in [-0.1, -0.05) is 0 Å². The molecule has 9 heteroatoms. The van der Waals surface area contributed by atoms with Crippen molar-refractivity contribution in [2.24, 2.45) is 0 Å². The minimum atomic E-state index is -0.602. The van der Waals surface area contributed by atoms with Crippen LogP contribution in [-0.2, 0) is 13.1 Å². The summed E-state index contributed by atoms with van der Waals surface area (Å²) in [5.74, 6) is 0. The Balaban J connectivity index is 2.16. The Labute approximate surface area is 101 Å². The van der Waals surface area contributed by atoms with Crippen LogP contribution in [0.2, 0.25) is 0 Å². The lowest BCUT2D eigenvalue weighted by Gasteiger charge is -2.04. The molecule has 0 aliphatic carbocycles. The van der Waals surface area contributed by atoms with Crippen molar-refractivity contribution in [3.05, 3.63) is 45.4 Å². The highest BCUT2D eigenvalue weighted by molar-refractivity contribution is 5.30. The first-order chi connectivity index (χ1) is 8.56. The summed E-state index contributed by atoms with van der Waals surface area (Å²) < 4.78 is 2.70. The van der Waals surface area contributed by atoms with E-state index < -0.39 is 10.6 Å². The van der Waals surface area contributed by atoms with Crippen LogP contribution in [-0.4, -0.2) is 24.3 Å². The molecule has 0 radical (unpaired) electrons. The minimum Gasteiger partial charge on any atom is -0.396 e. The van der Waals surface area contributed by atoms with Crippen LogP contribution in [0.3, 0.4) is 0 Å². The van der Waals surface area contributed by atoms with Gasteiger partial charge in [-0.25, -0.2) is 4.79 Å². The second-order valence-corrected chi connectivity index (χ2v) is 3.58. The fourth-order valence-electron chi connectivity index (χ4n) is 1.41. The van der Waals surface area contributed by atoms with Crippen molar-refractivity contribution in [2.45, 2.75) is 13.1 Å². The van der Waals surface area contributed by atoms with Gasteiger partial charge in [-0.3, -0.25) is 19.4 Å². The maximum atomic E-state index is 11.4. The van der Waals surface area contributed by atoms with Crippen LogP contribution < -0.4 is 11.4 Å². The monoisotopic (exact) mass is 250 g/mol. The number of hydrogen-bond donors (Lipinski definition) is 1. The van der Waals surface area contributed by atoms with E-state index >= 15 is 0 Å². The maximum Gasteiger partial charge on any atom is 0.348 e. The Kier molecular flexibility index (Phi) is 3.04. The molecule has 0 saturated carbocycles. The van der Waals surface area contributed by atoms with Crippen LogP contribution >= 0.6 is 0 Å². The van der Waals surface area contributed by atoms with Gasteiger partial charge in [-0.05, 0) is 0 Å². The van der Waals surface area contributed by atoms with Crippen molar-refractivity contribution in [3.63, 3.8) is 0 Å². The zero-order chi connectivity index (χ0) is 13.1. The van der Waals surface area contributed by atoms with Gasteiger partial charge in [-0.2, -0.15) is 10.1 Å². The number of nitro groups is 1. The molecule has 0 fully saturated rings. The average Bonchev–Trinajstić information content (AvgIpc) is 2.74. The summed E-state index contributed by atoms with van der Waals surface area (Å²) in [6.45, 7) is 0.606. The Bertz CT molecular complexity index is 631. The van der Waals surface area contributed by atoms with Gasteiger partial charge in [0.25, 0.3) is 0 Å². The third-order valence-corrected chi connectivity index (χ3v) is 2.28. The molecule has 0 saturated heterocycles. The van der Waals surface area contributed by atoms with Crippen molar-refractivity contribution in [2.75, 3.05) is 5.73 Å². The Hall–Kier alpha value is -2.71. The number of hydrogen-bond acceptors (Lipinski definition) is 6. The average molecular weight is 250 g/mol. The molecule has 2 heterocycles. The Morgan fingerprint density at radius 1 is 1.33 bits per heavy atom. The molecular weight excluding hydrogens is 240 g/mol. The molecule has 0 unspecified atom stereocenters. The summed E-state index contributed by atoms with van der Waals surface area (Å²) in [6.07, 6.45) is 5.18. The van der Waals surface area contributed by atoms with Gasteiger partial charge >= 0.3 is 11.4 Å². The summed E-state index contributed by atoms with van der Waals surface area (Å²) in [5.41, 5.74) is 5.23. The van der Waals surface area contributed by atoms with Crippen LogP contribution in [0.1, 0.15) is 0 Å². The van der Waals surface area contributed by atoms with Gasteiger partial charge in [-0.15, -0.1) is 0 Å². The maximum absolute atomic E-state index is 11.4. The molecule has 0 aromatic carbocycles. The normalized spacial score (nSPS) is 10.4. The van der Waals surface area contributed by atoms with Crippen molar-refractivity contribution < 1.29 is 4.92 Å². The van der Waals surface area contributed by atoms with E-state index in [2.05, 4.69) is 10.1 Å². The molecular formula is C9H10N6O3. The van der Waals surface area contributed by atoms with Gasteiger partial charge in [0.05, 0.1) is 29.5 Å². The third kappa shape index (κ3) is 2.51. The van der Waals surface area contributed by atoms with Crippen LogP contribution in [0.4, 0.5) is 11.4 Å². The quantitative estimate of drug-likeness (QED) is 0.583. The van der Waals surface area contributed by atoms with Crippen molar-refractivity contribution in [1.29, 1.82) is 0 Å². The first-order valence-corrected chi connectivity index (χ1v) is 5.05. The fourth-order valence-corrected chi connectivity index (χ4v) is 1.41. The van der Waals surface area contributed by atoms with Gasteiger partial charge in [0.1, 0.15) is 6.20 Å². The molecule has 0 aliphatic rings. The standard InChI is InChI=1S/C9H10N6O3/c10-7-3-12-14(5-7)2-1-13-6-8(15(17)18)4-11-9(13)16/h3-6H,1-2,10H2. The SMILES string of the molecule is Nc1cnn(CCn2cc([N+](=O)[O-])cnc2=O)c1. The molecule has 0 amide bonds. The summed E-state index contributed by atoms with van der Waals surface area (Å²) in [6, 6.07) is 0. The van der Waals surface area contributed by atoms with Crippen molar-refractivity contribution >= 4 is 11.4 Å². The van der Waals surface area contributed by atoms with E-state index in [0.29, 0.717) is 12.2 Å². The second kappa shape index (κ2) is 4.65. The molecule has 0 spiro atoms. The van der Waals surface area contributed by atoms with Gasteiger partial charge in [0, 0.05) is 12.7 Å². The summed E-state index contributed by atoms with van der Waals surface area (Å²) in [4.78, 5) is 24.8. The molecule has 0 bridgehead atoms. The summed E-state index contributed by atoms with van der Waals surface area (Å²) in [5, 5.41) is 14.5. The lowest BCUT2D eigenvalue weighted by molar-refractivity contribution is -0.385.